The van der Waals surface area contributed by atoms with Gasteiger partial charge in [-0.25, -0.2) is 0 Å². The number of nitrogens with zero attached hydrogens (tertiary/aromatic N) is 1. The lowest BCUT2D eigenvalue weighted by atomic mass is 10.0. The fourth-order valence-electron chi connectivity index (χ4n) is 1.66. The number of hydrogen-bond acceptors (Lipinski definition) is 3. The molecule has 1 aromatic carbocycles. The highest BCUT2D eigenvalue weighted by atomic mass is 35.5. The average molecular weight is 277 g/mol. The van der Waals surface area contributed by atoms with E-state index in [2.05, 4.69) is 11.4 Å². The van der Waals surface area contributed by atoms with Gasteiger partial charge in [0.1, 0.15) is 6.07 Å². The summed E-state index contributed by atoms with van der Waals surface area (Å²) < 4.78 is 0. The average Bonchev–Trinajstić information content (AvgIpc) is 3.14. The number of hydrogen-bond donors (Lipinski definition) is 1. The van der Waals surface area contributed by atoms with Gasteiger partial charge in [0.25, 0.3) is 0 Å². The molecule has 0 aliphatic heterocycles. The molecule has 1 aliphatic carbocycles. The number of allylic oxidation sites excluding steroid dienone is 2. The molecule has 0 atom stereocenters. The molecule has 0 amide bonds. The van der Waals surface area contributed by atoms with Crippen molar-refractivity contribution >= 4 is 28.7 Å². The molecule has 1 saturated carbocycles. The van der Waals surface area contributed by atoms with Crippen LogP contribution in [0.4, 0.5) is 0 Å². The Morgan fingerprint density at radius 1 is 1.39 bits per heavy atom. The molecule has 1 aromatic rings. The van der Waals surface area contributed by atoms with Crippen LogP contribution in [0.1, 0.15) is 25.3 Å². The molecule has 0 heterocycles. The topological polar surface area (TPSA) is 35.8 Å². The lowest BCUT2D eigenvalue weighted by Crippen LogP contribution is -2.17. The first-order valence-corrected chi connectivity index (χ1v) is 6.58. The van der Waals surface area contributed by atoms with Crippen LogP contribution < -0.4 is 5.32 Å². The van der Waals surface area contributed by atoms with E-state index in [1.165, 1.54) is 12.8 Å². The van der Waals surface area contributed by atoms with Crippen LogP contribution in [0, 0.1) is 11.3 Å². The van der Waals surface area contributed by atoms with Crippen molar-refractivity contribution in [2.24, 2.45) is 0 Å². The van der Waals surface area contributed by atoms with Crippen LogP contribution >= 0.6 is 23.8 Å². The second kappa shape index (κ2) is 5.51. The Labute approximate surface area is 117 Å². The van der Waals surface area contributed by atoms with Crippen molar-refractivity contribution in [3.63, 3.8) is 0 Å². The zero-order valence-electron chi connectivity index (χ0n) is 10.0. The predicted molar refractivity (Wildman–Crippen MR) is 77.6 cm³/mol. The minimum Gasteiger partial charge on any atom is -0.385 e. The smallest absolute Gasteiger partial charge is 0.102 e. The van der Waals surface area contributed by atoms with Crippen LogP contribution in [0.25, 0.3) is 0 Å². The molecule has 2 nitrogen and oxygen atoms in total. The minimum absolute atomic E-state index is 0.515. The van der Waals surface area contributed by atoms with E-state index in [1.807, 2.05) is 19.1 Å². The zero-order chi connectivity index (χ0) is 13.1. The number of thiocarbonyl (C=S) groups is 1. The van der Waals surface area contributed by atoms with Crippen LogP contribution in [0.5, 0.6) is 0 Å². The van der Waals surface area contributed by atoms with Crippen molar-refractivity contribution in [2.45, 2.75) is 25.8 Å². The first-order valence-electron chi connectivity index (χ1n) is 5.79. The van der Waals surface area contributed by atoms with Gasteiger partial charge in [-0.2, -0.15) is 5.26 Å². The predicted octanol–water partition coefficient (Wildman–Crippen LogP) is 3.61. The van der Waals surface area contributed by atoms with E-state index in [-0.39, 0.29) is 0 Å². The van der Waals surface area contributed by atoms with E-state index in [4.69, 9.17) is 23.8 Å². The summed E-state index contributed by atoms with van der Waals surface area (Å²) in [5.41, 5.74) is 2.25. The summed E-state index contributed by atoms with van der Waals surface area (Å²) in [6, 6.07) is 9.94. The molecular formula is C14H13ClN2S. The van der Waals surface area contributed by atoms with Gasteiger partial charge in [-0.1, -0.05) is 36.0 Å². The van der Waals surface area contributed by atoms with Crippen LogP contribution in [0.3, 0.4) is 0 Å². The molecule has 1 N–H and O–H groups in total. The van der Waals surface area contributed by atoms with Gasteiger partial charge >= 0.3 is 0 Å². The van der Waals surface area contributed by atoms with Crippen molar-refractivity contribution in [3.05, 3.63) is 46.1 Å². The summed E-state index contributed by atoms with van der Waals surface area (Å²) in [5.74, 6) is 0. The van der Waals surface area contributed by atoms with E-state index in [1.54, 1.807) is 12.1 Å². The second-order valence-electron chi connectivity index (χ2n) is 4.37. The second-order valence-corrected chi connectivity index (χ2v) is 5.21. The van der Waals surface area contributed by atoms with Crippen molar-refractivity contribution in [1.82, 2.24) is 5.32 Å². The van der Waals surface area contributed by atoms with Gasteiger partial charge in [-0.3, -0.25) is 0 Å². The van der Waals surface area contributed by atoms with E-state index >= 15 is 0 Å². The number of halogens is 1. The van der Waals surface area contributed by atoms with Gasteiger partial charge in [0, 0.05) is 16.8 Å². The summed E-state index contributed by atoms with van der Waals surface area (Å²) in [4.78, 5) is 0.569. The summed E-state index contributed by atoms with van der Waals surface area (Å²) in [7, 11) is 0. The molecular weight excluding hydrogens is 264 g/mol. The van der Waals surface area contributed by atoms with Crippen molar-refractivity contribution in [1.29, 1.82) is 5.26 Å². The van der Waals surface area contributed by atoms with E-state index in [9.17, 15) is 5.26 Å². The summed E-state index contributed by atoms with van der Waals surface area (Å²) in [6.07, 6.45) is 2.34. The number of nitrogens with one attached hydrogen (secondary N) is 1. The van der Waals surface area contributed by atoms with Gasteiger partial charge in [-0.05, 0) is 37.5 Å². The summed E-state index contributed by atoms with van der Waals surface area (Å²) in [6.45, 7) is 1.90. The van der Waals surface area contributed by atoms with Crippen molar-refractivity contribution in [2.75, 3.05) is 0 Å². The highest BCUT2D eigenvalue weighted by Gasteiger charge is 2.22. The molecule has 4 heteroatoms. The van der Waals surface area contributed by atoms with Crippen LogP contribution in [0.2, 0.25) is 5.02 Å². The van der Waals surface area contributed by atoms with E-state index < -0.39 is 0 Å². The minimum atomic E-state index is 0.515. The number of benzene rings is 1. The fraction of sp³-hybridized carbons (Fsp3) is 0.286. The quantitative estimate of drug-likeness (QED) is 0.395. The molecule has 92 valence electrons. The monoisotopic (exact) mass is 276 g/mol. The first kappa shape index (κ1) is 13.1. The molecule has 18 heavy (non-hydrogen) atoms. The third kappa shape index (κ3) is 3.10. The lowest BCUT2D eigenvalue weighted by molar-refractivity contribution is 0.802. The van der Waals surface area contributed by atoms with Gasteiger partial charge in [0.05, 0.1) is 10.4 Å². The molecule has 1 aliphatic rings. The third-order valence-electron chi connectivity index (χ3n) is 2.82. The molecule has 0 saturated heterocycles. The highest BCUT2D eigenvalue weighted by Crippen LogP contribution is 2.22. The van der Waals surface area contributed by atoms with Gasteiger partial charge in [-0.15, -0.1) is 0 Å². The molecule has 0 radical (unpaired) electrons. The molecule has 2 rings (SSSR count). The maximum atomic E-state index is 9.25. The Morgan fingerprint density at radius 3 is 2.50 bits per heavy atom. The Morgan fingerprint density at radius 2 is 2.00 bits per heavy atom. The number of rotatable bonds is 4. The maximum Gasteiger partial charge on any atom is 0.102 e. The fourth-order valence-corrected chi connectivity index (χ4v) is 2.12. The Hall–Kier alpha value is -1.37. The molecule has 1 fully saturated rings. The normalized spacial score (nSPS) is 15.6. The third-order valence-corrected chi connectivity index (χ3v) is 3.51. The SMILES string of the molecule is C/C(NC1CC1)=C(/C#N)C(=S)c1ccc(Cl)cc1. The number of nitriles is 1. The van der Waals surface area contributed by atoms with Gasteiger partial charge in [0.2, 0.25) is 0 Å². The largest absolute Gasteiger partial charge is 0.385 e. The summed E-state index contributed by atoms with van der Waals surface area (Å²) >= 11 is 11.2. The van der Waals surface area contributed by atoms with Gasteiger partial charge in [0.15, 0.2) is 0 Å². The highest BCUT2D eigenvalue weighted by molar-refractivity contribution is 7.81. The maximum absolute atomic E-state index is 9.25. The molecule has 0 unspecified atom stereocenters. The standard InChI is InChI=1S/C14H13ClN2S/c1-9(17-12-6-7-12)13(8-16)14(18)10-2-4-11(15)5-3-10/h2-5,12,17H,6-7H2,1H3/b13-9+. The van der Waals surface area contributed by atoms with Crippen molar-refractivity contribution < 1.29 is 0 Å². The molecule has 0 bridgehead atoms. The zero-order valence-corrected chi connectivity index (χ0v) is 11.6. The van der Waals surface area contributed by atoms with E-state index in [0.29, 0.717) is 21.5 Å². The Bertz CT molecular complexity index is 536. The molecule has 0 spiro atoms. The van der Waals surface area contributed by atoms with Crippen LogP contribution in [-0.2, 0) is 0 Å². The molecule has 0 aromatic heterocycles. The Balaban J connectivity index is 2.24. The van der Waals surface area contributed by atoms with Gasteiger partial charge < -0.3 is 5.32 Å². The van der Waals surface area contributed by atoms with E-state index in [0.717, 1.165) is 11.3 Å². The first-order chi connectivity index (χ1) is 8.61. The summed E-state index contributed by atoms with van der Waals surface area (Å²) in [5, 5.41) is 13.2. The lowest BCUT2D eigenvalue weighted by Gasteiger charge is -2.09. The Kier molecular flexibility index (Phi) is 4.00. The van der Waals surface area contributed by atoms with Crippen molar-refractivity contribution in [3.8, 4) is 6.07 Å². The van der Waals surface area contributed by atoms with Crippen LogP contribution in [-0.4, -0.2) is 10.9 Å². The van der Waals surface area contributed by atoms with Crippen LogP contribution in [0.15, 0.2) is 35.5 Å².